The van der Waals surface area contributed by atoms with E-state index in [9.17, 15) is 4.39 Å². The van der Waals surface area contributed by atoms with Crippen molar-refractivity contribution < 1.29 is 8.78 Å². The number of fused-ring (bicyclic) bond motifs is 3. The molecule has 10 rings (SSSR count). The molecular weight excluding hydrogens is 731 g/mol. The van der Waals surface area contributed by atoms with Crippen LogP contribution < -0.4 is 0 Å². The van der Waals surface area contributed by atoms with E-state index in [1.165, 1.54) is 23.3 Å². The molecule has 6 heteroatoms. The molecule has 59 heavy (non-hydrogen) atoms. The maximum atomic E-state index is 15.5. The van der Waals surface area contributed by atoms with Gasteiger partial charge in [0, 0.05) is 39.1 Å². The van der Waals surface area contributed by atoms with E-state index in [1.54, 1.807) is 0 Å². The lowest BCUT2D eigenvalue weighted by atomic mass is 9.99. The van der Waals surface area contributed by atoms with E-state index in [2.05, 4.69) is 103 Å². The van der Waals surface area contributed by atoms with Gasteiger partial charge in [-0.15, -0.1) is 0 Å². The maximum absolute atomic E-state index is 15.5. The molecule has 0 fully saturated rings. The summed E-state index contributed by atoms with van der Waals surface area (Å²) in [4.78, 5) is 15.2. The molecule has 2 aromatic heterocycles. The molecule has 4 nitrogen and oxygen atoms in total. The molecule has 0 unspecified atom stereocenters. The normalized spacial score (nSPS) is 11.4. The van der Waals surface area contributed by atoms with Gasteiger partial charge < -0.3 is 4.57 Å². The minimum absolute atomic E-state index is 0.271. The Kier molecular flexibility index (Phi) is 8.95. The van der Waals surface area contributed by atoms with Gasteiger partial charge in [-0.3, -0.25) is 0 Å². The van der Waals surface area contributed by atoms with Gasteiger partial charge >= 0.3 is 0 Å². The van der Waals surface area contributed by atoms with E-state index in [1.807, 2.05) is 78.9 Å². The molecule has 0 aliphatic carbocycles. The van der Waals surface area contributed by atoms with Crippen molar-refractivity contribution in [2.24, 2.45) is 0 Å². The van der Waals surface area contributed by atoms with Crippen LogP contribution in [0.4, 0.5) is 8.78 Å². The Balaban J connectivity index is 1.27. The molecule has 0 saturated heterocycles. The molecule has 0 aliphatic heterocycles. The van der Waals surface area contributed by atoms with Crippen LogP contribution in [0, 0.1) is 25.5 Å². The fraction of sp³-hybridized carbons (Fsp3) is 0.0377. The summed E-state index contributed by atoms with van der Waals surface area (Å²) in [6, 6.07) is 59.5. The van der Waals surface area contributed by atoms with E-state index < -0.39 is 11.6 Å². The third-order valence-electron chi connectivity index (χ3n) is 11.0. The van der Waals surface area contributed by atoms with E-state index in [-0.39, 0.29) is 5.56 Å². The predicted octanol–water partition coefficient (Wildman–Crippen LogP) is 13.9. The van der Waals surface area contributed by atoms with Crippen LogP contribution in [0.2, 0.25) is 0 Å². The molecule has 10 aromatic rings. The molecule has 0 radical (unpaired) electrons. The summed E-state index contributed by atoms with van der Waals surface area (Å²) < 4.78 is 32.0. The number of rotatable bonds is 7. The number of hydrogen-bond donors (Lipinski definition) is 0. The van der Waals surface area contributed by atoms with Crippen molar-refractivity contribution in [1.82, 2.24) is 19.5 Å². The minimum Gasteiger partial charge on any atom is -0.308 e. The average molecular weight is 767 g/mol. The van der Waals surface area contributed by atoms with Crippen molar-refractivity contribution in [3.8, 4) is 73.2 Å². The van der Waals surface area contributed by atoms with Gasteiger partial charge in [0.2, 0.25) is 0 Å². The quantitative estimate of drug-likeness (QED) is 0.162. The highest BCUT2D eigenvalue weighted by molar-refractivity contribution is 6.12. The fourth-order valence-corrected chi connectivity index (χ4v) is 7.86. The first-order valence-corrected chi connectivity index (χ1v) is 19.6. The van der Waals surface area contributed by atoms with Gasteiger partial charge in [-0.05, 0) is 90.2 Å². The van der Waals surface area contributed by atoms with Crippen LogP contribution in [0.25, 0.3) is 95.0 Å². The summed E-state index contributed by atoms with van der Waals surface area (Å²) in [5.41, 5.74) is 12.8. The standard InChI is InChI=1S/C53H36F2N4/c1-33-13-17-35(18-14-33)39-21-26-48-44(29-39)45-30-40(36-19-15-34(2)16-20-36)22-27-49(45)59(48)50-28-23-41(43-25-24-42(54)32-47(43)55)31-46(50)53-57-51(37-9-5-3-6-10-37)56-52(58-53)38-11-7-4-8-12-38/h3-32H,1-2H3. The summed E-state index contributed by atoms with van der Waals surface area (Å²) in [6.07, 6.45) is 0. The van der Waals surface area contributed by atoms with Gasteiger partial charge in [0.05, 0.1) is 16.7 Å². The van der Waals surface area contributed by atoms with Crippen LogP contribution in [-0.4, -0.2) is 19.5 Å². The lowest BCUT2D eigenvalue weighted by molar-refractivity contribution is 0.585. The molecule has 282 valence electrons. The van der Waals surface area contributed by atoms with Crippen LogP contribution in [0.1, 0.15) is 11.1 Å². The summed E-state index contributed by atoms with van der Waals surface area (Å²) >= 11 is 0. The fourth-order valence-electron chi connectivity index (χ4n) is 7.86. The summed E-state index contributed by atoms with van der Waals surface area (Å²) in [7, 11) is 0. The zero-order valence-electron chi connectivity index (χ0n) is 32.4. The summed E-state index contributed by atoms with van der Waals surface area (Å²) in [5.74, 6) is 0.136. The highest BCUT2D eigenvalue weighted by Gasteiger charge is 2.22. The van der Waals surface area contributed by atoms with E-state index in [4.69, 9.17) is 15.0 Å². The molecule has 0 N–H and O–H groups in total. The van der Waals surface area contributed by atoms with Crippen LogP contribution in [0.15, 0.2) is 182 Å². The Morgan fingerprint density at radius 2 is 0.847 bits per heavy atom. The lowest BCUT2D eigenvalue weighted by Crippen LogP contribution is -2.04. The number of aromatic nitrogens is 4. The van der Waals surface area contributed by atoms with Crippen LogP contribution in [0.3, 0.4) is 0 Å². The molecule has 0 atom stereocenters. The van der Waals surface area contributed by atoms with Crippen molar-refractivity contribution in [2.75, 3.05) is 0 Å². The highest BCUT2D eigenvalue weighted by Crippen LogP contribution is 2.41. The Morgan fingerprint density at radius 1 is 0.373 bits per heavy atom. The van der Waals surface area contributed by atoms with Gasteiger partial charge in [-0.2, -0.15) is 0 Å². The molecule has 0 amide bonds. The molecule has 0 bridgehead atoms. The van der Waals surface area contributed by atoms with Gasteiger partial charge in [0.25, 0.3) is 0 Å². The van der Waals surface area contributed by atoms with Gasteiger partial charge in [0.15, 0.2) is 17.5 Å². The number of aryl methyl sites for hydroxylation is 2. The number of hydrogen-bond acceptors (Lipinski definition) is 3. The van der Waals surface area contributed by atoms with Gasteiger partial charge in [0.1, 0.15) is 11.6 Å². The lowest BCUT2D eigenvalue weighted by Gasteiger charge is -2.17. The monoisotopic (exact) mass is 766 g/mol. The number of halogens is 2. The SMILES string of the molecule is Cc1ccc(-c2ccc3c(c2)c2cc(-c4ccc(C)cc4)ccc2n3-c2ccc(-c3ccc(F)cc3F)cc2-c2nc(-c3ccccc3)nc(-c3ccccc3)n2)cc1. The van der Waals surface area contributed by atoms with Crippen molar-refractivity contribution >= 4 is 21.8 Å². The molecule has 0 aliphatic rings. The Labute approximate surface area is 340 Å². The van der Waals surface area contributed by atoms with Gasteiger partial charge in [-0.1, -0.05) is 139 Å². The summed E-state index contributed by atoms with van der Waals surface area (Å²) in [5, 5.41) is 2.16. The zero-order chi connectivity index (χ0) is 40.0. The van der Waals surface area contributed by atoms with Crippen LogP contribution in [0.5, 0.6) is 0 Å². The third kappa shape index (κ3) is 6.74. The van der Waals surface area contributed by atoms with E-state index in [0.717, 1.165) is 66.9 Å². The van der Waals surface area contributed by atoms with E-state index in [0.29, 0.717) is 28.6 Å². The largest absolute Gasteiger partial charge is 0.308 e. The first kappa shape index (κ1) is 35.8. The minimum atomic E-state index is -0.654. The van der Waals surface area contributed by atoms with Crippen molar-refractivity contribution in [3.05, 3.63) is 205 Å². The Morgan fingerprint density at radius 3 is 1.36 bits per heavy atom. The molecule has 8 aromatic carbocycles. The first-order chi connectivity index (χ1) is 28.9. The predicted molar refractivity (Wildman–Crippen MR) is 236 cm³/mol. The smallest absolute Gasteiger partial charge is 0.166 e. The van der Waals surface area contributed by atoms with Crippen molar-refractivity contribution in [2.45, 2.75) is 13.8 Å². The number of nitrogens with zero attached hydrogens (tertiary/aromatic N) is 4. The van der Waals surface area contributed by atoms with Gasteiger partial charge in [-0.25, -0.2) is 23.7 Å². The Bertz CT molecular complexity index is 3010. The average Bonchev–Trinajstić information content (AvgIpc) is 3.60. The second-order valence-corrected chi connectivity index (χ2v) is 14.9. The summed E-state index contributed by atoms with van der Waals surface area (Å²) in [6.45, 7) is 4.19. The Hall–Kier alpha value is -7.57. The van der Waals surface area contributed by atoms with Crippen LogP contribution >= 0.6 is 0 Å². The zero-order valence-corrected chi connectivity index (χ0v) is 32.4. The molecule has 0 saturated carbocycles. The maximum Gasteiger partial charge on any atom is 0.166 e. The topological polar surface area (TPSA) is 43.6 Å². The molecule has 2 heterocycles. The first-order valence-electron chi connectivity index (χ1n) is 19.6. The molecule has 0 spiro atoms. The number of benzene rings is 8. The van der Waals surface area contributed by atoms with Crippen molar-refractivity contribution in [1.29, 1.82) is 0 Å². The molecular formula is C53H36F2N4. The third-order valence-corrected chi connectivity index (χ3v) is 11.0. The highest BCUT2D eigenvalue weighted by atomic mass is 19.1. The second-order valence-electron chi connectivity index (χ2n) is 14.9. The van der Waals surface area contributed by atoms with Crippen LogP contribution in [-0.2, 0) is 0 Å². The van der Waals surface area contributed by atoms with E-state index >= 15 is 4.39 Å². The van der Waals surface area contributed by atoms with Crippen molar-refractivity contribution in [3.63, 3.8) is 0 Å². The second kappa shape index (κ2) is 14.7.